The zero-order valence-electron chi connectivity index (χ0n) is 48.4. The molecule has 0 aromatic heterocycles. The van der Waals surface area contributed by atoms with Crippen molar-refractivity contribution >= 4 is 11.6 Å². The first-order chi connectivity index (χ1) is 47.7. The van der Waals surface area contributed by atoms with E-state index < -0.39 is 188 Å². The van der Waals surface area contributed by atoms with E-state index in [0.29, 0.717) is 0 Å². The van der Waals surface area contributed by atoms with Gasteiger partial charge >= 0.3 is 152 Å². The topological polar surface area (TPSA) is 148 Å². The van der Waals surface area contributed by atoms with Crippen LogP contribution < -0.4 is 0 Å². The lowest BCUT2D eigenvalue weighted by Gasteiger charge is -2.31. The average molecular weight is 1810 g/mol. The molecule has 2 unspecified atom stereocenters. The maximum Gasteiger partial charge on any atom is 0.589 e. The monoisotopic (exact) mass is 1810 g/mol. The second kappa shape index (κ2) is 40.2. The Hall–Kier alpha value is -8.36. The third-order valence-corrected chi connectivity index (χ3v) is 7.61. The van der Waals surface area contributed by atoms with Crippen molar-refractivity contribution in [3.63, 3.8) is 0 Å². The summed E-state index contributed by atoms with van der Waals surface area (Å²) in [5.41, 5.74) is 0. The molecule has 5 rings (SSSR count). The SMILES string of the molecule is C=C(F)OC(F)(F)C(F)(F)OF.C=C(F)OC(F)(F)COF.C=C(F)OCCOF.C=C1OC(F)(C(F)(F)F)C(F)(C(F)(F)F)O1.C=C1OC(F)(F)C(F)(F)O1.FC(F)(F)F.FC(F)(F)F.FC(F)(F)F.FC1=C(F)OC(C(F)(F)F)(C(F)(F)Cl)O1.FC1=C(F)OC(C(F)(F)F)(C(F)(F)F)O1.FC1=C(F)OC(F)(F)O1. The second-order valence-electron chi connectivity index (χ2n) is 15.5. The van der Waals surface area contributed by atoms with Crippen LogP contribution in [0.3, 0.4) is 0 Å². The zero-order chi connectivity index (χ0) is 90.3. The van der Waals surface area contributed by atoms with Crippen molar-refractivity contribution in [2.45, 2.75) is 116 Å². The molecule has 656 valence electrons. The van der Waals surface area contributed by atoms with E-state index >= 15 is 0 Å². The molecule has 5 heterocycles. The summed E-state index contributed by atoms with van der Waals surface area (Å²) in [6, 6.07) is -19.4. The molecule has 2 fully saturated rings. The number of ether oxygens (including phenoxy) is 13. The van der Waals surface area contributed by atoms with Crippen molar-refractivity contribution in [3.8, 4) is 0 Å². The Morgan fingerprint density at radius 1 is 0.336 bits per heavy atom. The van der Waals surface area contributed by atoms with E-state index in [1.807, 2.05) is 0 Å². The Kier molecular flexibility index (Phi) is 41.1. The normalized spacial score (nSPS) is 20.1. The number of halogens is 56. The highest BCUT2D eigenvalue weighted by Crippen LogP contribution is 2.59. The van der Waals surface area contributed by atoms with Crippen LogP contribution in [0.15, 0.2) is 98.9 Å². The number of alkyl halides is 44. The van der Waals surface area contributed by atoms with Crippen LogP contribution in [0.25, 0.3) is 0 Å². The average Bonchev–Trinajstić information content (AvgIpc) is 1.53. The summed E-state index contributed by atoms with van der Waals surface area (Å²) >= 11 is 4.05. The van der Waals surface area contributed by atoms with Crippen molar-refractivity contribution in [2.24, 2.45) is 0 Å². The minimum Gasteiger partial charge on any atom is -0.469 e. The van der Waals surface area contributed by atoms with Gasteiger partial charge in [0.05, 0.1) is 0 Å². The summed E-state index contributed by atoms with van der Waals surface area (Å²) in [6.45, 7) is 10.2. The summed E-state index contributed by atoms with van der Waals surface area (Å²) < 4.78 is 665. The van der Waals surface area contributed by atoms with Crippen LogP contribution in [0.2, 0.25) is 0 Å². The minimum atomic E-state index is -6.28. The van der Waals surface area contributed by atoms with Crippen LogP contribution in [0.4, 0.5) is 242 Å². The molecule has 0 saturated carbocycles. The lowest BCUT2D eigenvalue weighted by atomic mass is 10.1. The predicted molar refractivity (Wildman–Crippen MR) is 217 cm³/mol. The Bertz CT molecular complexity index is 2760. The Balaban J connectivity index is -0.000000276. The second-order valence-corrected chi connectivity index (χ2v) is 16.0. The first kappa shape index (κ1) is 113. The quantitative estimate of drug-likeness (QED) is 0.0744. The van der Waals surface area contributed by atoms with Crippen molar-refractivity contribution in [1.29, 1.82) is 0 Å². The van der Waals surface area contributed by atoms with Crippen molar-refractivity contribution in [1.82, 2.24) is 0 Å². The fourth-order valence-corrected chi connectivity index (χ4v) is 4.04. The van der Waals surface area contributed by atoms with Gasteiger partial charge in [-0.15, -0.1) is 66.4 Å². The van der Waals surface area contributed by atoms with Crippen LogP contribution in [-0.2, 0) is 76.4 Å². The van der Waals surface area contributed by atoms with Gasteiger partial charge in [-0.05, 0) is 58.1 Å². The highest BCUT2D eigenvalue weighted by atomic mass is 35.5. The number of rotatable bonds is 13. The lowest BCUT2D eigenvalue weighted by Crippen LogP contribution is -2.62. The van der Waals surface area contributed by atoms with Gasteiger partial charge in [0.2, 0.25) is 0 Å². The van der Waals surface area contributed by atoms with E-state index in [1.165, 1.54) is 0 Å². The molecule has 0 radical (unpaired) electrons. The van der Waals surface area contributed by atoms with Gasteiger partial charge < -0.3 is 61.6 Å². The van der Waals surface area contributed by atoms with E-state index in [2.05, 4.69) is 116 Å². The van der Waals surface area contributed by atoms with Gasteiger partial charge in [0.1, 0.15) is 13.2 Å². The molecule has 110 heavy (non-hydrogen) atoms. The van der Waals surface area contributed by atoms with Gasteiger partial charge in [-0.25, -0.2) is 0 Å². The molecule has 0 aromatic rings. The lowest BCUT2D eigenvalue weighted by molar-refractivity contribution is -0.476. The summed E-state index contributed by atoms with van der Waals surface area (Å²) in [5, 5.41) is -5.20. The maximum atomic E-state index is 13.0. The third-order valence-electron chi connectivity index (χ3n) is 7.36. The molecule has 5 aliphatic heterocycles. The van der Waals surface area contributed by atoms with Crippen LogP contribution in [0.5, 0.6) is 0 Å². The Morgan fingerprint density at radius 2 is 0.591 bits per heavy atom. The van der Waals surface area contributed by atoms with Crippen molar-refractivity contribution in [3.05, 3.63) is 98.9 Å². The fourth-order valence-electron chi connectivity index (χ4n) is 3.86. The number of hydrogen-bond donors (Lipinski definition) is 0. The molecule has 0 aliphatic carbocycles. The van der Waals surface area contributed by atoms with Crippen LogP contribution in [0, 0.1) is 0 Å². The van der Waals surface area contributed by atoms with E-state index in [9.17, 15) is 242 Å². The van der Waals surface area contributed by atoms with Crippen LogP contribution >= 0.6 is 11.6 Å². The maximum absolute atomic E-state index is 13.0. The number of hydrogen-bond acceptors (Lipinski definition) is 16. The van der Waals surface area contributed by atoms with Gasteiger partial charge in [0.15, 0.2) is 6.61 Å². The minimum absolute atomic E-state index is 0.147. The predicted octanol–water partition coefficient (Wildman–Crippen LogP) is 22.6. The van der Waals surface area contributed by atoms with Gasteiger partial charge in [-0.2, -0.15) is 177 Å². The van der Waals surface area contributed by atoms with E-state index in [4.69, 9.17) is 0 Å². The first-order valence-electron chi connectivity index (χ1n) is 22.3. The first-order valence-corrected chi connectivity index (χ1v) is 22.7. The van der Waals surface area contributed by atoms with Crippen molar-refractivity contribution < 1.29 is 318 Å². The Labute approximate surface area is 565 Å². The van der Waals surface area contributed by atoms with E-state index in [0.717, 1.165) is 0 Å². The molecule has 0 N–H and O–H groups in total. The smallest absolute Gasteiger partial charge is 0.469 e. The van der Waals surface area contributed by atoms with Gasteiger partial charge in [0, 0.05) is 0 Å². The van der Waals surface area contributed by atoms with E-state index in [-0.39, 0.29) is 13.2 Å². The van der Waals surface area contributed by atoms with Crippen LogP contribution in [0.1, 0.15) is 0 Å². The van der Waals surface area contributed by atoms with Gasteiger partial charge in [-0.1, -0.05) is 0 Å². The fraction of sp³-hybridized carbons (Fsp3) is 0.579. The molecule has 0 amide bonds. The molecule has 0 spiro atoms. The van der Waals surface area contributed by atoms with E-state index in [1.54, 1.807) is 4.94 Å². The molecule has 2 saturated heterocycles. The third kappa shape index (κ3) is 39.5. The molecule has 2 atom stereocenters. The zero-order valence-corrected chi connectivity index (χ0v) is 49.1. The molecule has 5 aliphatic rings. The Morgan fingerprint density at radius 3 is 0.745 bits per heavy atom. The standard InChI is InChI=1S/C6H2F8O2.C5ClF7O2.C5F8O2.C4H2F6O2.C4H2F4O2.C4H4F4O2.C4H6F2O2.C3F4O2.3CF4/c1-2-15-3(7,5(9,10)11)4(8,16-2)6(12,13)14;6-4(9,10)3(5(11,12)13)14-1(7)2(8)15-3;6-1-2(7)15-3(14-1,4(8,9)10)5(11,12)13;1-2(5)11-3(6,7)4(8,9)12-10;1-2-9-3(5,6)4(7,8)10-2;1-3(5)10-4(6,7)2-9-8;1-4(5)7-2-3-8-6;4-1-2(5)9-3(6,7)8-1;3*2-1(3,4)5/h1H2;;;1H2;1H2;1-2H2;1-3H2;;;;. The van der Waals surface area contributed by atoms with Gasteiger partial charge in [-0.3, -0.25) is 0 Å². The molecule has 0 bridgehead atoms. The summed E-state index contributed by atoms with van der Waals surface area (Å²) in [7, 11) is 0. The summed E-state index contributed by atoms with van der Waals surface area (Å²) in [6.07, 6.45) is -75.7. The largest absolute Gasteiger partial charge is 0.589 e. The molecule has 72 heteroatoms. The molecule has 0 aromatic carbocycles. The highest BCUT2D eigenvalue weighted by molar-refractivity contribution is 6.22. The highest BCUT2D eigenvalue weighted by Gasteiger charge is 2.88. The molecule has 16 nitrogen and oxygen atoms in total. The van der Waals surface area contributed by atoms with Gasteiger partial charge in [0.25, 0.3) is 29.9 Å². The summed E-state index contributed by atoms with van der Waals surface area (Å²) in [4.78, 5) is 7.17. The molecular weight excluding hydrogens is 1790 g/mol. The van der Waals surface area contributed by atoms with Crippen molar-refractivity contribution in [2.75, 3.05) is 19.8 Å². The molecular formula is C38H16ClF55O16. The summed E-state index contributed by atoms with van der Waals surface area (Å²) in [5.74, 6) is -24.4. The van der Waals surface area contributed by atoms with Crippen LogP contribution in [-0.4, -0.2) is 135 Å².